The maximum Gasteiger partial charge on any atom is 0.209 e. The summed E-state index contributed by atoms with van der Waals surface area (Å²) in [6, 6.07) is 8.72. The third kappa shape index (κ3) is 3.73. The fourth-order valence-electron chi connectivity index (χ4n) is 2.63. The molecule has 0 atom stereocenters. The summed E-state index contributed by atoms with van der Waals surface area (Å²) in [7, 11) is 0. The van der Waals surface area contributed by atoms with Gasteiger partial charge in [0.2, 0.25) is 5.16 Å². The van der Waals surface area contributed by atoms with Crippen LogP contribution >= 0.6 is 23.1 Å². The molecule has 1 N–H and O–H groups in total. The van der Waals surface area contributed by atoms with E-state index in [4.69, 9.17) is 0 Å². The summed E-state index contributed by atoms with van der Waals surface area (Å²) in [4.78, 5) is 5.71. The number of aromatic amines is 1. The molecule has 0 radical (unpaired) electrons. The van der Waals surface area contributed by atoms with Crippen molar-refractivity contribution in [3.05, 3.63) is 51.9 Å². The largest absolute Gasteiger partial charge is 0.257 e. The SMILES string of the molecule is Cc1cc(C(C)(C)C)cc(C)c1CSc1n[nH]c(-c2cccs2)n1. The Morgan fingerprint density at radius 1 is 1.17 bits per heavy atom. The highest BCUT2D eigenvalue weighted by molar-refractivity contribution is 7.98. The van der Waals surface area contributed by atoms with E-state index >= 15 is 0 Å². The topological polar surface area (TPSA) is 41.6 Å². The van der Waals surface area contributed by atoms with Crippen molar-refractivity contribution in [3.8, 4) is 10.7 Å². The van der Waals surface area contributed by atoms with Gasteiger partial charge in [-0.25, -0.2) is 4.98 Å². The van der Waals surface area contributed by atoms with Crippen molar-refractivity contribution >= 4 is 23.1 Å². The number of thioether (sulfide) groups is 1. The number of thiophene rings is 1. The second-order valence-corrected chi connectivity index (χ2v) is 8.96. The number of nitrogens with zero attached hydrogens (tertiary/aromatic N) is 2. The van der Waals surface area contributed by atoms with Gasteiger partial charge in [0.1, 0.15) is 0 Å². The van der Waals surface area contributed by atoms with Crippen LogP contribution in [-0.2, 0) is 11.2 Å². The molecule has 0 saturated carbocycles. The first kappa shape index (κ1) is 17.2. The minimum Gasteiger partial charge on any atom is -0.257 e. The Morgan fingerprint density at radius 2 is 1.88 bits per heavy atom. The van der Waals surface area contributed by atoms with E-state index in [2.05, 4.69) is 68.0 Å². The van der Waals surface area contributed by atoms with Crippen molar-refractivity contribution < 1.29 is 0 Å². The first-order valence-electron chi connectivity index (χ1n) is 8.04. The number of aromatic nitrogens is 3. The molecule has 0 aliphatic carbocycles. The highest BCUT2D eigenvalue weighted by Gasteiger charge is 2.17. The molecule has 2 heterocycles. The van der Waals surface area contributed by atoms with Crippen LogP contribution in [-0.4, -0.2) is 15.2 Å². The van der Waals surface area contributed by atoms with Crippen LogP contribution in [0.1, 0.15) is 43.0 Å². The first-order valence-corrected chi connectivity index (χ1v) is 9.91. The number of aryl methyl sites for hydroxylation is 2. The average molecular weight is 358 g/mol. The molecule has 1 aromatic carbocycles. The highest BCUT2D eigenvalue weighted by atomic mass is 32.2. The number of rotatable bonds is 4. The molecule has 0 aliphatic heterocycles. The Kier molecular flexibility index (Phi) is 4.83. The molecular weight excluding hydrogens is 334 g/mol. The molecule has 3 rings (SSSR count). The van der Waals surface area contributed by atoms with E-state index in [0.717, 1.165) is 21.6 Å². The smallest absolute Gasteiger partial charge is 0.209 e. The number of hydrogen-bond donors (Lipinski definition) is 1. The predicted molar refractivity (Wildman–Crippen MR) is 104 cm³/mol. The van der Waals surface area contributed by atoms with Crippen molar-refractivity contribution in [2.75, 3.05) is 0 Å². The maximum absolute atomic E-state index is 4.59. The summed E-state index contributed by atoms with van der Waals surface area (Å²) < 4.78 is 0. The van der Waals surface area contributed by atoms with Crippen LogP contribution in [0.15, 0.2) is 34.8 Å². The summed E-state index contributed by atoms with van der Waals surface area (Å²) >= 11 is 3.35. The summed E-state index contributed by atoms with van der Waals surface area (Å²) in [5.41, 5.74) is 5.66. The Balaban J connectivity index is 1.75. The zero-order chi connectivity index (χ0) is 17.3. The van der Waals surface area contributed by atoms with E-state index in [-0.39, 0.29) is 5.41 Å². The van der Waals surface area contributed by atoms with Gasteiger partial charge in [-0.1, -0.05) is 50.7 Å². The molecule has 3 aromatic rings. The highest BCUT2D eigenvalue weighted by Crippen LogP contribution is 2.30. The van der Waals surface area contributed by atoms with Crippen LogP contribution < -0.4 is 0 Å². The van der Waals surface area contributed by atoms with Gasteiger partial charge in [-0.15, -0.1) is 16.4 Å². The van der Waals surface area contributed by atoms with Crippen molar-refractivity contribution in [3.63, 3.8) is 0 Å². The van der Waals surface area contributed by atoms with Gasteiger partial charge in [0, 0.05) is 5.75 Å². The van der Waals surface area contributed by atoms with Gasteiger partial charge < -0.3 is 0 Å². The third-order valence-corrected chi connectivity index (χ3v) is 5.88. The Labute approximate surface area is 151 Å². The van der Waals surface area contributed by atoms with Crippen LogP contribution in [0, 0.1) is 13.8 Å². The van der Waals surface area contributed by atoms with Gasteiger partial charge >= 0.3 is 0 Å². The summed E-state index contributed by atoms with van der Waals surface area (Å²) in [6.07, 6.45) is 0. The lowest BCUT2D eigenvalue weighted by molar-refractivity contribution is 0.589. The lowest BCUT2D eigenvalue weighted by Gasteiger charge is -2.22. The minimum atomic E-state index is 0.181. The summed E-state index contributed by atoms with van der Waals surface area (Å²) in [6.45, 7) is 11.2. The molecule has 2 aromatic heterocycles. The monoisotopic (exact) mass is 357 g/mol. The molecular formula is C19H23N3S2. The van der Waals surface area contributed by atoms with Crippen LogP contribution in [0.25, 0.3) is 10.7 Å². The second-order valence-electron chi connectivity index (χ2n) is 7.07. The molecule has 3 nitrogen and oxygen atoms in total. The van der Waals surface area contributed by atoms with Crippen LogP contribution in [0.2, 0.25) is 0 Å². The molecule has 0 aliphatic rings. The van der Waals surface area contributed by atoms with E-state index in [0.29, 0.717) is 0 Å². The second kappa shape index (κ2) is 6.73. The molecule has 126 valence electrons. The van der Waals surface area contributed by atoms with Crippen molar-refractivity contribution in [1.82, 2.24) is 15.2 Å². The van der Waals surface area contributed by atoms with E-state index in [1.54, 1.807) is 23.1 Å². The summed E-state index contributed by atoms with van der Waals surface area (Å²) in [5.74, 6) is 1.74. The van der Waals surface area contributed by atoms with E-state index in [9.17, 15) is 0 Å². The van der Waals surface area contributed by atoms with Crippen LogP contribution in [0.4, 0.5) is 0 Å². The normalized spacial score (nSPS) is 11.9. The quantitative estimate of drug-likeness (QED) is 0.605. The van der Waals surface area contributed by atoms with Gasteiger partial charge in [-0.05, 0) is 53.0 Å². The maximum atomic E-state index is 4.59. The van der Waals surface area contributed by atoms with Crippen molar-refractivity contribution in [2.45, 2.75) is 50.9 Å². The van der Waals surface area contributed by atoms with E-state index in [1.807, 2.05) is 11.4 Å². The fourth-order valence-corrected chi connectivity index (χ4v) is 4.28. The lowest BCUT2D eigenvalue weighted by atomic mass is 9.84. The fraction of sp³-hybridized carbons (Fsp3) is 0.368. The summed E-state index contributed by atoms with van der Waals surface area (Å²) in [5, 5.41) is 10.2. The predicted octanol–water partition coefficient (Wildman–Crippen LogP) is 5.74. The number of hydrogen-bond acceptors (Lipinski definition) is 4. The van der Waals surface area contributed by atoms with Crippen LogP contribution in [0.5, 0.6) is 0 Å². The molecule has 5 heteroatoms. The zero-order valence-electron chi connectivity index (χ0n) is 14.8. The van der Waals surface area contributed by atoms with Gasteiger partial charge in [0.25, 0.3) is 0 Å². The molecule has 24 heavy (non-hydrogen) atoms. The Bertz CT molecular complexity index is 804. The van der Waals surface area contributed by atoms with E-state index < -0.39 is 0 Å². The minimum absolute atomic E-state index is 0.181. The Morgan fingerprint density at radius 3 is 2.46 bits per heavy atom. The van der Waals surface area contributed by atoms with Gasteiger partial charge in [-0.2, -0.15) is 0 Å². The van der Waals surface area contributed by atoms with Gasteiger partial charge in [0.15, 0.2) is 5.82 Å². The third-order valence-electron chi connectivity index (χ3n) is 4.13. The van der Waals surface area contributed by atoms with Crippen LogP contribution in [0.3, 0.4) is 0 Å². The zero-order valence-corrected chi connectivity index (χ0v) is 16.4. The standard InChI is InChI=1S/C19H23N3S2/c1-12-9-14(19(3,4)5)10-13(2)15(12)11-24-18-20-17(21-22-18)16-7-6-8-23-16/h6-10H,11H2,1-5H3,(H,20,21,22). The molecule has 0 bridgehead atoms. The number of H-pyrrole nitrogens is 1. The average Bonchev–Trinajstić information content (AvgIpc) is 3.16. The molecule has 0 amide bonds. The van der Waals surface area contributed by atoms with Gasteiger partial charge in [-0.3, -0.25) is 5.10 Å². The molecule has 0 fully saturated rings. The van der Waals surface area contributed by atoms with Crippen molar-refractivity contribution in [2.24, 2.45) is 0 Å². The molecule has 0 unspecified atom stereocenters. The van der Waals surface area contributed by atoms with E-state index in [1.165, 1.54) is 22.3 Å². The molecule has 0 saturated heterocycles. The number of benzene rings is 1. The number of nitrogens with one attached hydrogen (secondary N) is 1. The lowest BCUT2D eigenvalue weighted by Crippen LogP contribution is -2.12. The molecule has 0 spiro atoms. The Hall–Kier alpha value is -1.59. The van der Waals surface area contributed by atoms with Crippen molar-refractivity contribution in [1.29, 1.82) is 0 Å². The van der Waals surface area contributed by atoms with Gasteiger partial charge in [0.05, 0.1) is 4.88 Å². The first-order chi connectivity index (χ1) is 11.3.